The molecule has 3 aromatic rings. The monoisotopic (exact) mass is 308 g/mol. The van der Waals surface area contributed by atoms with Crippen molar-refractivity contribution in [3.63, 3.8) is 0 Å². The van der Waals surface area contributed by atoms with Crippen molar-refractivity contribution >= 4 is 16.9 Å². The first-order valence-electron chi connectivity index (χ1n) is 7.64. The molecular formula is C19H20N2O2. The third-order valence-corrected chi connectivity index (χ3v) is 3.99. The number of fused-ring (bicyclic) bond motifs is 1. The maximum atomic E-state index is 11.7. The lowest BCUT2D eigenvalue weighted by Gasteiger charge is -2.16. The van der Waals surface area contributed by atoms with Crippen LogP contribution < -0.4 is 5.32 Å². The fourth-order valence-corrected chi connectivity index (χ4v) is 3.03. The van der Waals surface area contributed by atoms with Crippen molar-refractivity contribution in [1.82, 2.24) is 10.3 Å². The van der Waals surface area contributed by atoms with E-state index in [4.69, 9.17) is 0 Å². The number of aromatic nitrogens is 1. The van der Waals surface area contributed by atoms with E-state index < -0.39 is 12.0 Å². The molecule has 4 nitrogen and oxygen atoms in total. The van der Waals surface area contributed by atoms with Crippen LogP contribution in [0.2, 0.25) is 0 Å². The van der Waals surface area contributed by atoms with Crippen LogP contribution in [-0.4, -0.2) is 16.1 Å². The molecule has 0 amide bonds. The number of para-hydroxylation sites is 1. The summed E-state index contributed by atoms with van der Waals surface area (Å²) in [6.45, 7) is 4.45. The molecule has 0 saturated heterocycles. The molecule has 0 bridgehead atoms. The summed E-state index contributed by atoms with van der Waals surface area (Å²) in [5.41, 5.74) is 5.03. The summed E-state index contributed by atoms with van der Waals surface area (Å²) < 4.78 is 0. The summed E-state index contributed by atoms with van der Waals surface area (Å²) in [7, 11) is 0. The maximum absolute atomic E-state index is 11.7. The van der Waals surface area contributed by atoms with Gasteiger partial charge in [0.2, 0.25) is 0 Å². The van der Waals surface area contributed by atoms with Crippen molar-refractivity contribution in [2.45, 2.75) is 26.4 Å². The van der Waals surface area contributed by atoms with E-state index in [0.717, 1.165) is 33.2 Å². The van der Waals surface area contributed by atoms with Crippen LogP contribution in [0.5, 0.6) is 0 Å². The van der Waals surface area contributed by atoms with Gasteiger partial charge < -0.3 is 10.1 Å². The number of H-pyrrole nitrogens is 1. The third kappa shape index (κ3) is 3.27. The van der Waals surface area contributed by atoms with E-state index >= 15 is 0 Å². The Labute approximate surface area is 135 Å². The van der Waals surface area contributed by atoms with Crippen molar-refractivity contribution in [3.8, 4) is 0 Å². The molecule has 118 valence electrons. The zero-order valence-corrected chi connectivity index (χ0v) is 13.3. The fraction of sp³-hybridized carbons (Fsp3) is 0.211. The highest BCUT2D eigenvalue weighted by Crippen LogP contribution is 2.20. The fourth-order valence-electron chi connectivity index (χ4n) is 3.03. The van der Waals surface area contributed by atoms with Crippen molar-refractivity contribution in [2.75, 3.05) is 0 Å². The first-order valence-corrected chi connectivity index (χ1v) is 7.64. The quantitative estimate of drug-likeness (QED) is 0.673. The van der Waals surface area contributed by atoms with E-state index in [1.165, 1.54) is 0 Å². The molecule has 4 heteroatoms. The number of nitrogens with one attached hydrogen (secondary N) is 2. The largest absolute Gasteiger partial charge is 0.480 e. The zero-order chi connectivity index (χ0) is 16.4. The minimum absolute atomic E-state index is 0.488. The lowest BCUT2D eigenvalue weighted by Crippen LogP contribution is -2.28. The number of hydrogen-bond acceptors (Lipinski definition) is 2. The summed E-state index contributed by atoms with van der Waals surface area (Å²) in [4.78, 5) is 14.9. The molecule has 0 aliphatic heterocycles. The first kappa shape index (κ1) is 15.3. The smallest absolute Gasteiger partial charge is 0.325 e. The van der Waals surface area contributed by atoms with E-state index in [2.05, 4.69) is 10.3 Å². The molecule has 1 aromatic heterocycles. The van der Waals surface area contributed by atoms with Gasteiger partial charge in [-0.15, -0.1) is 0 Å². The Morgan fingerprint density at radius 2 is 1.91 bits per heavy atom. The van der Waals surface area contributed by atoms with Gasteiger partial charge in [0.05, 0.1) is 0 Å². The van der Waals surface area contributed by atoms with Crippen LogP contribution in [0.1, 0.15) is 28.3 Å². The van der Waals surface area contributed by atoms with E-state index in [-0.39, 0.29) is 0 Å². The van der Waals surface area contributed by atoms with Crippen molar-refractivity contribution < 1.29 is 9.90 Å². The Morgan fingerprint density at radius 1 is 1.17 bits per heavy atom. The van der Waals surface area contributed by atoms with E-state index in [1.807, 2.05) is 62.5 Å². The molecular weight excluding hydrogens is 288 g/mol. The Balaban J connectivity index is 1.86. The van der Waals surface area contributed by atoms with Crippen LogP contribution in [0.15, 0.2) is 48.7 Å². The molecule has 0 spiro atoms. The summed E-state index contributed by atoms with van der Waals surface area (Å²) in [6.07, 6.45) is 1.90. The van der Waals surface area contributed by atoms with Gasteiger partial charge in [0.15, 0.2) is 0 Å². The van der Waals surface area contributed by atoms with Crippen LogP contribution in [0.25, 0.3) is 10.9 Å². The molecule has 0 aliphatic rings. The minimum Gasteiger partial charge on any atom is -0.480 e. The normalized spacial score (nSPS) is 12.4. The Kier molecular flexibility index (Phi) is 4.17. The predicted octanol–water partition coefficient (Wildman–Crippen LogP) is 3.70. The van der Waals surface area contributed by atoms with Gasteiger partial charge in [-0.2, -0.15) is 0 Å². The summed E-state index contributed by atoms with van der Waals surface area (Å²) >= 11 is 0. The SMILES string of the molecule is Cc1cc(C)cc(C(NCc2cccc3cc[nH]c23)C(=O)O)c1. The Bertz CT molecular complexity index is 831. The number of aryl methyl sites for hydroxylation is 2. The topological polar surface area (TPSA) is 65.1 Å². The van der Waals surface area contributed by atoms with Crippen molar-refractivity contribution in [1.29, 1.82) is 0 Å². The standard InChI is InChI=1S/C19H20N2O2/c1-12-8-13(2)10-16(9-12)18(19(22)23)21-11-15-5-3-4-14-6-7-20-17(14)15/h3-10,18,20-21H,11H2,1-2H3,(H,22,23). The number of aliphatic carboxylic acids is 1. The molecule has 0 aliphatic carbocycles. The number of rotatable bonds is 5. The molecule has 0 saturated carbocycles. The van der Waals surface area contributed by atoms with Gasteiger partial charge in [0, 0.05) is 18.3 Å². The van der Waals surface area contributed by atoms with Crippen molar-refractivity contribution in [3.05, 3.63) is 70.9 Å². The molecule has 1 heterocycles. The molecule has 3 N–H and O–H groups in total. The number of aromatic amines is 1. The second kappa shape index (κ2) is 6.26. The second-order valence-electron chi connectivity index (χ2n) is 5.93. The third-order valence-electron chi connectivity index (χ3n) is 3.99. The number of carboxylic acid groups (broad SMARTS) is 1. The Morgan fingerprint density at radius 3 is 2.61 bits per heavy atom. The van der Waals surface area contributed by atoms with E-state index in [9.17, 15) is 9.90 Å². The van der Waals surface area contributed by atoms with Gasteiger partial charge in [-0.05, 0) is 36.4 Å². The lowest BCUT2D eigenvalue weighted by atomic mass is 10.0. The molecule has 1 atom stereocenters. The van der Waals surface area contributed by atoms with E-state index in [0.29, 0.717) is 6.54 Å². The van der Waals surface area contributed by atoms with Gasteiger partial charge >= 0.3 is 5.97 Å². The zero-order valence-electron chi connectivity index (χ0n) is 13.3. The highest BCUT2D eigenvalue weighted by atomic mass is 16.4. The van der Waals surface area contributed by atoms with Gasteiger partial charge in [0.25, 0.3) is 0 Å². The molecule has 2 aromatic carbocycles. The highest BCUT2D eigenvalue weighted by Gasteiger charge is 2.20. The molecule has 0 fully saturated rings. The average Bonchev–Trinajstić information content (AvgIpc) is 2.95. The predicted molar refractivity (Wildman–Crippen MR) is 91.4 cm³/mol. The summed E-state index contributed by atoms with van der Waals surface area (Å²) in [5, 5.41) is 13.9. The number of carboxylic acids is 1. The van der Waals surface area contributed by atoms with Crippen LogP contribution in [0.4, 0.5) is 0 Å². The van der Waals surface area contributed by atoms with Crippen LogP contribution in [0, 0.1) is 13.8 Å². The maximum Gasteiger partial charge on any atom is 0.325 e. The molecule has 23 heavy (non-hydrogen) atoms. The van der Waals surface area contributed by atoms with Gasteiger partial charge in [-0.25, -0.2) is 0 Å². The molecule has 3 rings (SSSR count). The number of benzene rings is 2. The summed E-state index contributed by atoms with van der Waals surface area (Å²) in [5.74, 6) is -0.867. The highest BCUT2D eigenvalue weighted by molar-refractivity contribution is 5.82. The molecule has 1 unspecified atom stereocenters. The average molecular weight is 308 g/mol. The van der Waals surface area contributed by atoms with Crippen molar-refractivity contribution in [2.24, 2.45) is 0 Å². The van der Waals surface area contributed by atoms with Gasteiger partial charge in [-0.3, -0.25) is 10.1 Å². The van der Waals surface area contributed by atoms with Gasteiger partial charge in [0.1, 0.15) is 6.04 Å². The van der Waals surface area contributed by atoms with Crippen LogP contribution in [-0.2, 0) is 11.3 Å². The minimum atomic E-state index is -0.867. The Hall–Kier alpha value is -2.59. The lowest BCUT2D eigenvalue weighted by molar-refractivity contribution is -0.139. The molecule has 0 radical (unpaired) electrons. The number of carbonyl (C=O) groups is 1. The first-order chi connectivity index (χ1) is 11.0. The van der Waals surface area contributed by atoms with Crippen LogP contribution >= 0.6 is 0 Å². The van der Waals surface area contributed by atoms with E-state index in [1.54, 1.807) is 0 Å². The van der Waals surface area contributed by atoms with Gasteiger partial charge in [-0.1, -0.05) is 47.5 Å². The second-order valence-corrected chi connectivity index (χ2v) is 5.93. The van der Waals surface area contributed by atoms with Crippen LogP contribution in [0.3, 0.4) is 0 Å². The summed E-state index contributed by atoms with van der Waals surface area (Å²) in [6, 6.07) is 13.2. The number of hydrogen-bond donors (Lipinski definition) is 3.